The number of nitrogens with one attached hydrogen (secondary N) is 1. The molecule has 2 aliphatic rings. The molecule has 1 fully saturated rings. The van der Waals surface area contributed by atoms with Crippen molar-refractivity contribution in [3.05, 3.63) is 52.8 Å². The predicted molar refractivity (Wildman–Crippen MR) is 111 cm³/mol. The molecule has 2 unspecified atom stereocenters. The maximum atomic E-state index is 13.0. The van der Waals surface area contributed by atoms with Gasteiger partial charge in [-0.2, -0.15) is 0 Å². The van der Waals surface area contributed by atoms with Gasteiger partial charge in [0, 0.05) is 11.1 Å². The Hall–Kier alpha value is -2.99. The molecule has 0 amide bonds. The number of ketones is 1. The first-order chi connectivity index (χ1) is 14.5. The summed E-state index contributed by atoms with van der Waals surface area (Å²) < 4.78 is 16.8. The number of carbonyl (C=O) groups excluding carboxylic acids is 1. The molecule has 2 aromatic rings. The van der Waals surface area contributed by atoms with E-state index in [1.165, 1.54) is 17.4 Å². The van der Waals surface area contributed by atoms with E-state index in [0.29, 0.717) is 46.5 Å². The molecule has 2 aromatic carbocycles. The summed E-state index contributed by atoms with van der Waals surface area (Å²) in [6.45, 7) is 3.82. The molecule has 2 heterocycles. The summed E-state index contributed by atoms with van der Waals surface area (Å²) >= 11 is 0. The Bertz CT molecular complexity index is 997. The van der Waals surface area contributed by atoms with Crippen molar-refractivity contribution in [2.45, 2.75) is 38.8 Å². The zero-order chi connectivity index (χ0) is 21.3. The van der Waals surface area contributed by atoms with Crippen LogP contribution in [0.15, 0.2) is 36.1 Å². The van der Waals surface area contributed by atoms with Gasteiger partial charge >= 0.3 is 0 Å². The van der Waals surface area contributed by atoms with Crippen LogP contribution in [0.3, 0.4) is 0 Å². The standard InChI is InChI=1S/C24H27NO5/c1-15-7-4-5-12-25(15)14-18-19(26)11-10-17-22(27)21(30-24(17)18)13-16-8-6-9-20(28-2)23(16)29-3/h6,8-11,13,15,26H,4-5,7,12,14H2,1-3H3/b21-13-. The molecule has 4 rings (SSSR count). The second kappa shape index (κ2) is 8.40. The second-order valence-corrected chi connectivity index (χ2v) is 7.92. The molecule has 0 saturated carbocycles. The third-order valence-corrected chi connectivity index (χ3v) is 6.10. The lowest BCUT2D eigenvalue weighted by Crippen LogP contribution is -3.14. The normalized spacial score (nSPS) is 22.0. The van der Waals surface area contributed by atoms with Gasteiger partial charge in [-0.25, -0.2) is 0 Å². The van der Waals surface area contributed by atoms with Crippen LogP contribution in [0.25, 0.3) is 6.08 Å². The van der Waals surface area contributed by atoms with Crippen molar-refractivity contribution in [3.63, 3.8) is 0 Å². The molecule has 158 valence electrons. The molecule has 30 heavy (non-hydrogen) atoms. The summed E-state index contributed by atoms with van der Waals surface area (Å²) in [6, 6.07) is 8.98. The molecule has 0 aliphatic carbocycles. The van der Waals surface area contributed by atoms with Crippen LogP contribution in [0.1, 0.15) is 47.7 Å². The SMILES string of the molecule is COc1cccc(/C=C2\Oc3c(ccc([O-])c3C[NH+]3CCCCC3C)C2=O)c1OC. The van der Waals surface area contributed by atoms with Crippen molar-refractivity contribution in [1.82, 2.24) is 0 Å². The van der Waals surface area contributed by atoms with Crippen LogP contribution < -0.4 is 24.2 Å². The third-order valence-electron chi connectivity index (χ3n) is 6.10. The first-order valence-corrected chi connectivity index (χ1v) is 10.4. The summed E-state index contributed by atoms with van der Waals surface area (Å²) in [7, 11) is 3.12. The van der Waals surface area contributed by atoms with E-state index in [1.807, 2.05) is 12.1 Å². The quantitative estimate of drug-likeness (QED) is 0.768. The number of hydrogen-bond donors (Lipinski definition) is 1. The number of likely N-dealkylation sites (tertiary alicyclic amines) is 1. The number of carbonyl (C=O) groups is 1. The Balaban J connectivity index is 1.69. The zero-order valence-electron chi connectivity index (χ0n) is 17.6. The van der Waals surface area contributed by atoms with Crippen molar-refractivity contribution < 1.29 is 29.0 Å². The highest BCUT2D eigenvalue weighted by atomic mass is 16.5. The van der Waals surface area contributed by atoms with E-state index in [0.717, 1.165) is 19.4 Å². The van der Waals surface area contributed by atoms with Crippen LogP contribution >= 0.6 is 0 Å². The van der Waals surface area contributed by atoms with Crippen LogP contribution in [0.5, 0.6) is 23.0 Å². The number of piperidine rings is 1. The molecule has 1 saturated heterocycles. The van der Waals surface area contributed by atoms with Gasteiger partial charge in [-0.1, -0.05) is 23.9 Å². The highest BCUT2D eigenvalue weighted by Gasteiger charge is 2.32. The van der Waals surface area contributed by atoms with E-state index in [4.69, 9.17) is 14.2 Å². The number of benzene rings is 2. The molecular weight excluding hydrogens is 382 g/mol. The number of quaternary nitrogens is 1. The fourth-order valence-corrected chi connectivity index (χ4v) is 4.37. The van der Waals surface area contributed by atoms with Gasteiger partial charge < -0.3 is 24.2 Å². The minimum atomic E-state index is -0.224. The number of fused-ring (bicyclic) bond motifs is 1. The summed E-state index contributed by atoms with van der Waals surface area (Å²) in [5, 5.41) is 12.7. The summed E-state index contributed by atoms with van der Waals surface area (Å²) in [5.74, 6) is 1.39. The number of para-hydroxylation sites is 1. The van der Waals surface area contributed by atoms with E-state index < -0.39 is 0 Å². The van der Waals surface area contributed by atoms with Crippen LogP contribution in [0.2, 0.25) is 0 Å². The van der Waals surface area contributed by atoms with Gasteiger partial charge in [0.25, 0.3) is 0 Å². The maximum absolute atomic E-state index is 13.0. The van der Waals surface area contributed by atoms with E-state index in [2.05, 4.69) is 6.92 Å². The number of methoxy groups -OCH3 is 2. The van der Waals surface area contributed by atoms with Crippen molar-refractivity contribution in [2.24, 2.45) is 0 Å². The van der Waals surface area contributed by atoms with Crippen LogP contribution in [-0.2, 0) is 6.54 Å². The molecule has 0 radical (unpaired) electrons. The molecule has 0 spiro atoms. The molecule has 0 bridgehead atoms. The molecular formula is C24H27NO5. The lowest BCUT2D eigenvalue weighted by atomic mass is 10.0. The summed E-state index contributed by atoms with van der Waals surface area (Å²) in [5.41, 5.74) is 1.71. The van der Waals surface area contributed by atoms with E-state index in [-0.39, 0.29) is 17.3 Å². The van der Waals surface area contributed by atoms with E-state index in [9.17, 15) is 9.90 Å². The van der Waals surface area contributed by atoms with Gasteiger partial charge in [-0.3, -0.25) is 4.79 Å². The van der Waals surface area contributed by atoms with Crippen molar-refractivity contribution in [2.75, 3.05) is 20.8 Å². The Morgan fingerprint density at radius 2 is 2.03 bits per heavy atom. The number of allylic oxidation sites excluding steroid dienone is 1. The lowest BCUT2D eigenvalue weighted by Gasteiger charge is -2.31. The fraction of sp³-hybridized carbons (Fsp3) is 0.375. The summed E-state index contributed by atoms with van der Waals surface area (Å²) in [4.78, 5) is 14.4. The van der Waals surface area contributed by atoms with Gasteiger partial charge in [-0.05, 0) is 44.4 Å². The first-order valence-electron chi connectivity index (χ1n) is 10.4. The first kappa shape index (κ1) is 20.3. The minimum absolute atomic E-state index is 0.0768. The van der Waals surface area contributed by atoms with E-state index >= 15 is 0 Å². The van der Waals surface area contributed by atoms with Gasteiger partial charge in [0.15, 0.2) is 17.3 Å². The largest absolute Gasteiger partial charge is 0.872 e. The van der Waals surface area contributed by atoms with Crippen molar-refractivity contribution >= 4 is 11.9 Å². The van der Waals surface area contributed by atoms with Gasteiger partial charge in [0.2, 0.25) is 5.78 Å². The summed E-state index contributed by atoms with van der Waals surface area (Å²) in [6.07, 6.45) is 5.18. The topological polar surface area (TPSA) is 72.3 Å². The number of rotatable bonds is 5. The van der Waals surface area contributed by atoms with Gasteiger partial charge in [-0.15, -0.1) is 0 Å². The van der Waals surface area contributed by atoms with Crippen LogP contribution in [-0.4, -0.2) is 32.6 Å². The molecule has 2 aliphatic heterocycles. The highest BCUT2D eigenvalue weighted by Crippen LogP contribution is 2.40. The maximum Gasteiger partial charge on any atom is 0.231 e. The zero-order valence-corrected chi connectivity index (χ0v) is 17.6. The average Bonchev–Trinajstić information content (AvgIpc) is 3.06. The Morgan fingerprint density at radius 3 is 2.77 bits per heavy atom. The Morgan fingerprint density at radius 1 is 1.20 bits per heavy atom. The lowest BCUT2D eigenvalue weighted by molar-refractivity contribution is -0.942. The number of ether oxygens (including phenoxy) is 3. The Labute approximate surface area is 176 Å². The number of Topliss-reactive ketones (excluding diaryl/α,β-unsaturated/α-hetero) is 1. The van der Waals surface area contributed by atoms with Crippen LogP contribution in [0, 0.1) is 0 Å². The minimum Gasteiger partial charge on any atom is -0.872 e. The van der Waals surface area contributed by atoms with Gasteiger partial charge in [0.05, 0.1) is 32.4 Å². The molecule has 6 heteroatoms. The molecule has 0 aromatic heterocycles. The highest BCUT2D eigenvalue weighted by molar-refractivity contribution is 6.15. The van der Waals surface area contributed by atoms with Gasteiger partial charge in [0.1, 0.15) is 12.3 Å². The Kier molecular flexibility index (Phi) is 5.68. The molecule has 1 N–H and O–H groups in total. The van der Waals surface area contributed by atoms with Crippen molar-refractivity contribution in [1.29, 1.82) is 0 Å². The number of hydrogen-bond acceptors (Lipinski definition) is 5. The molecule has 6 nitrogen and oxygen atoms in total. The predicted octanol–water partition coefficient (Wildman–Crippen LogP) is 2.35. The smallest absolute Gasteiger partial charge is 0.231 e. The van der Waals surface area contributed by atoms with Crippen LogP contribution in [0.4, 0.5) is 0 Å². The molecule has 2 atom stereocenters. The second-order valence-electron chi connectivity index (χ2n) is 7.92. The third kappa shape index (κ3) is 3.63. The fourth-order valence-electron chi connectivity index (χ4n) is 4.37. The van der Waals surface area contributed by atoms with E-state index in [1.54, 1.807) is 32.4 Å². The average molecular weight is 409 g/mol. The van der Waals surface area contributed by atoms with Crippen molar-refractivity contribution in [3.8, 4) is 23.0 Å². The monoisotopic (exact) mass is 409 g/mol.